The van der Waals surface area contributed by atoms with Crippen molar-refractivity contribution in [2.75, 3.05) is 7.11 Å². The van der Waals surface area contributed by atoms with Crippen molar-refractivity contribution in [3.05, 3.63) is 58.3 Å². The van der Waals surface area contributed by atoms with E-state index in [0.717, 1.165) is 15.9 Å². The highest BCUT2D eigenvalue weighted by atomic mass is 79.9. The van der Waals surface area contributed by atoms with Crippen LogP contribution in [-0.4, -0.2) is 12.1 Å². The maximum Gasteiger partial charge on any atom is 0.118 e. The van der Waals surface area contributed by atoms with Gasteiger partial charge in [0, 0.05) is 10.7 Å². The monoisotopic (exact) mass is 304 g/mol. The summed E-state index contributed by atoms with van der Waals surface area (Å²) in [6, 6.07) is 12.8. The van der Waals surface area contributed by atoms with Crippen LogP contribution in [0.1, 0.15) is 23.3 Å². The van der Waals surface area contributed by atoms with Gasteiger partial charge < -0.3 is 4.74 Å². The van der Waals surface area contributed by atoms with Gasteiger partial charge in [-0.3, -0.25) is 10.3 Å². The van der Waals surface area contributed by atoms with Crippen molar-refractivity contribution in [3.8, 4) is 5.75 Å². The highest BCUT2D eigenvalue weighted by molar-refractivity contribution is 9.10. The first-order valence-corrected chi connectivity index (χ1v) is 6.58. The molecular formula is C14H13BrN2O. The Morgan fingerprint density at radius 2 is 1.94 bits per heavy atom. The van der Waals surface area contributed by atoms with Crippen molar-refractivity contribution in [3.63, 3.8) is 0 Å². The summed E-state index contributed by atoms with van der Waals surface area (Å²) in [4.78, 5) is 4.39. The van der Waals surface area contributed by atoms with Gasteiger partial charge in [0.2, 0.25) is 0 Å². The topological polar surface area (TPSA) is 44.1 Å². The van der Waals surface area contributed by atoms with Gasteiger partial charge in [-0.2, -0.15) is 0 Å². The lowest BCUT2D eigenvalue weighted by Crippen LogP contribution is -1.89. The minimum Gasteiger partial charge on any atom is -0.497 e. The number of methoxy groups -OCH3 is 1. The van der Waals surface area contributed by atoms with Gasteiger partial charge in [-0.1, -0.05) is 28.1 Å². The minimum absolute atomic E-state index is 0.316. The van der Waals surface area contributed by atoms with E-state index in [1.807, 2.05) is 24.4 Å². The van der Waals surface area contributed by atoms with E-state index in [1.54, 1.807) is 7.11 Å². The van der Waals surface area contributed by atoms with Crippen LogP contribution in [0.2, 0.25) is 0 Å². The lowest BCUT2D eigenvalue weighted by Gasteiger charge is -2.02. The molecule has 3 nitrogen and oxygen atoms in total. The van der Waals surface area contributed by atoms with E-state index in [-0.39, 0.29) is 0 Å². The molecule has 1 aliphatic heterocycles. The fourth-order valence-corrected chi connectivity index (χ4v) is 2.44. The third-order valence-electron chi connectivity index (χ3n) is 3.12. The molecule has 2 aromatic rings. The summed E-state index contributed by atoms with van der Waals surface area (Å²) in [7, 11) is 1.68. The van der Waals surface area contributed by atoms with Crippen molar-refractivity contribution < 1.29 is 4.74 Å². The number of nitrogens with zero attached hydrogens (tertiary/aromatic N) is 1. The Bertz CT molecular complexity index is 556. The number of pyridine rings is 1. The molecule has 0 spiro atoms. The number of nitrogens with one attached hydrogen (secondary N) is 1. The highest BCUT2D eigenvalue weighted by Crippen LogP contribution is 2.42. The van der Waals surface area contributed by atoms with E-state index in [0.29, 0.717) is 12.1 Å². The van der Waals surface area contributed by atoms with Crippen LogP contribution in [0.4, 0.5) is 0 Å². The molecule has 1 aromatic heterocycles. The molecule has 1 aromatic carbocycles. The molecule has 18 heavy (non-hydrogen) atoms. The fourth-order valence-electron chi connectivity index (χ4n) is 2.09. The summed E-state index contributed by atoms with van der Waals surface area (Å²) in [5.41, 5.74) is 2.34. The van der Waals surface area contributed by atoms with Crippen LogP contribution in [-0.2, 0) is 0 Å². The molecule has 0 aliphatic carbocycles. The van der Waals surface area contributed by atoms with Crippen molar-refractivity contribution >= 4 is 15.9 Å². The van der Waals surface area contributed by atoms with E-state index < -0.39 is 0 Å². The molecule has 1 N–H and O–H groups in total. The third kappa shape index (κ3) is 2.26. The van der Waals surface area contributed by atoms with Crippen LogP contribution >= 0.6 is 15.9 Å². The smallest absolute Gasteiger partial charge is 0.118 e. The molecular weight excluding hydrogens is 292 g/mol. The Hall–Kier alpha value is -1.39. The van der Waals surface area contributed by atoms with Crippen LogP contribution in [0.25, 0.3) is 0 Å². The number of rotatable bonds is 3. The molecule has 92 valence electrons. The zero-order valence-electron chi connectivity index (χ0n) is 9.93. The summed E-state index contributed by atoms with van der Waals surface area (Å²) < 4.78 is 6.22. The Labute approximate surface area is 114 Å². The number of ether oxygens (including phenoxy) is 1. The molecule has 2 unspecified atom stereocenters. The van der Waals surface area contributed by atoms with Crippen LogP contribution < -0.4 is 10.1 Å². The number of benzene rings is 1. The molecule has 0 saturated carbocycles. The van der Waals surface area contributed by atoms with Crippen molar-refractivity contribution in [2.45, 2.75) is 12.1 Å². The third-order valence-corrected chi connectivity index (χ3v) is 3.61. The maximum atomic E-state index is 5.16. The second kappa shape index (κ2) is 4.71. The quantitative estimate of drug-likeness (QED) is 0.885. The standard InChI is InChI=1S/C14H13BrN2O/c1-18-11-4-2-9(3-5-11)13-14(17-13)12-8-10(15)6-7-16-12/h2-8,13-14,17H,1H3. The predicted octanol–water partition coefficient (Wildman–Crippen LogP) is 3.24. The van der Waals surface area contributed by atoms with Gasteiger partial charge >= 0.3 is 0 Å². The summed E-state index contributed by atoms with van der Waals surface area (Å²) >= 11 is 3.47. The van der Waals surface area contributed by atoms with E-state index in [2.05, 4.69) is 44.4 Å². The van der Waals surface area contributed by atoms with E-state index in [1.165, 1.54) is 5.56 Å². The first-order chi connectivity index (χ1) is 8.78. The van der Waals surface area contributed by atoms with Crippen LogP contribution in [0.15, 0.2) is 47.1 Å². The fraction of sp³-hybridized carbons (Fsp3) is 0.214. The molecule has 2 atom stereocenters. The van der Waals surface area contributed by atoms with Crippen molar-refractivity contribution in [2.24, 2.45) is 0 Å². The number of aromatic nitrogens is 1. The normalized spacial score (nSPS) is 21.7. The van der Waals surface area contributed by atoms with Crippen LogP contribution in [0.3, 0.4) is 0 Å². The van der Waals surface area contributed by atoms with Crippen LogP contribution in [0.5, 0.6) is 5.75 Å². The lowest BCUT2D eigenvalue weighted by molar-refractivity contribution is 0.414. The molecule has 0 bridgehead atoms. The van der Waals surface area contributed by atoms with E-state index in [4.69, 9.17) is 4.74 Å². The summed E-state index contributed by atoms with van der Waals surface area (Å²) in [6.07, 6.45) is 1.82. The van der Waals surface area contributed by atoms with Crippen molar-refractivity contribution in [1.82, 2.24) is 10.3 Å². The Balaban J connectivity index is 1.77. The molecule has 0 radical (unpaired) electrons. The van der Waals surface area contributed by atoms with Crippen LogP contribution in [0, 0.1) is 0 Å². The molecule has 1 saturated heterocycles. The van der Waals surface area contributed by atoms with Gasteiger partial charge in [-0.05, 0) is 29.8 Å². The van der Waals surface area contributed by atoms with Gasteiger partial charge in [0.05, 0.1) is 24.9 Å². The van der Waals surface area contributed by atoms with Gasteiger partial charge in [0.15, 0.2) is 0 Å². The first-order valence-electron chi connectivity index (χ1n) is 5.79. The van der Waals surface area contributed by atoms with E-state index in [9.17, 15) is 0 Å². The van der Waals surface area contributed by atoms with Gasteiger partial charge in [0.25, 0.3) is 0 Å². The average molecular weight is 305 g/mol. The maximum absolute atomic E-state index is 5.16. The zero-order valence-corrected chi connectivity index (χ0v) is 11.5. The molecule has 0 amide bonds. The summed E-state index contributed by atoms with van der Waals surface area (Å²) in [5, 5.41) is 3.44. The Morgan fingerprint density at radius 1 is 1.17 bits per heavy atom. The predicted molar refractivity (Wildman–Crippen MR) is 73.5 cm³/mol. The number of hydrogen-bond acceptors (Lipinski definition) is 3. The average Bonchev–Trinajstić information content (AvgIpc) is 3.19. The molecule has 1 aliphatic rings. The van der Waals surface area contributed by atoms with Gasteiger partial charge in [0.1, 0.15) is 5.75 Å². The minimum atomic E-state index is 0.316. The SMILES string of the molecule is COc1ccc(C2NC2c2cc(Br)ccn2)cc1. The second-order valence-corrected chi connectivity index (χ2v) is 5.21. The molecule has 4 heteroatoms. The zero-order chi connectivity index (χ0) is 12.5. The summed E-state index contributed by atoms with van der Waals surface area (Å²) in [5.74, 6) is 0.886. The van der Waals surface area contributed by atoms with E-state index >= 15 is 0 Å². The molecule has 3 rings (SSSR count). The first kappa shape index (κ1) is 11.7. The lowest BCUT2D eigenvalue weighted by atomic mass is 10.1. The van der Waals surface area contributed by atoms with Gasteiger partial charge in [-0.15, -0.1) is 0 Å². The summed E-state index contributed by atoms with van der Waals surface area (Å²) in [6.45, 7) is 0. The largest absolute Gasteiger partial charge is 0.497 e. The number of hydrogen-bond donors (Lipinski definition) is 1. The highest BCUT2D eigenvalue weighted by Gasteiger charge is 2.39. The Kier molecular flexibility index (Phi) is 3.06. The molecule has 1 fully saturated rings. The van der Waals surface area contributed by atoms with Gasteiger partial charge in [-0.25, -0.2) is 0 Å². The number of halogens is 1. The Morgan fingerprint density at radius 3 is 2.61 bits per heavy atom. The second-order valence-electron chi connectivity index (χ2n) is 4.29. The molecule has 2 heterocycles. The van der Waals surface area contributed by atoms with Crippen molar-refractivity contribution in [1.29, 1.82) is 0 Å².